The van der Waals surface area contributed by atoms with Crippen LogP contribution in [-0.2, 0) is 0 Å². The molecule has 28 heavy (non-hydrogen) atoms. The van der Waals surface area contributed by atoms with Crippen LogP contribution in [0.2, 0.25) is 0 Å². The molecule has 0 atom stereocenters. The SMILES string of the molecule is Cc1cc(C)[c]([Sn]([c]2ccccc2)([c]2ccccc2)[c]2ccccc2)c(C)c1. The van der Waals surface area contributed by atoms with Crippen molar-refractivity contribution in [3.8, 4) is 0 Å². The Bertz CT molecular complexity index is 947. The summed E-state index contributed by atoms with van der Waals surface area (Å²) >= 11 is -3.46. The molecular formula is C27H26Sn. The Balaban J connectivity index is 2.21. The summed E-state index contributed by atoms with van der Waals surface area (Å²) in [7, 11) is 0. The third kappa shape index (κ3) is 3.20. The summed E-state index contributed by atoms with van der Waals surface area (Å²) in [6.07, 6.45) is 0. The first-order chi connectivity index (χ1) is 13.6. The second kappa shape index (κ2) is 7.97. The Morgan fingerprint density at radius 2 is 0.786 bits per heavy atom. The molecule has 0 fully saturated rings. The third-order valence-corrected chi connectivity index (χ3v) is 20.3. The Morgan fingerprint density at radius 1 is 0.464 bits per heavy atom. The van der Waals surface area contributed by atoms with Gasteiger partial charge in [-0.2, -0.15) is 0 Å². The van der Waals surface area contributed by atoms with E-state index in [2.05, 4.69) is 124 Å². The molecular weight excluding hydrogens is 443 g/mol. The van der Waals surface area contributed by atoms with E-state index in [-0.39, 0.29) is 0 Å². The van der Waals surface area contributed by atoms with Crippen LogP contribution in [0.1, 0.15) is 16.7 Å². The fraction of sp³-hybridized carbons (Fsp3) is 0.111. The maximum absolute atomic E-state index is 3.46. The fourth-order valence-electron chi connectivity index (χ4n) is 4.77. The van der Waals surface area contributed by atoms with Crippen LogP contribution in [0.5, 0.6) is 0 Å². The van der Waals surface area contributed by atoms with Gasteiger partial charge in [-0.05, 0) is 0 Å². The van der Waals surface area contributed by atoms with Gasteiger partial charge in [-0.15, -0.1) is 0 Å². The number of hydrogen-bond acceptors (Lipinski definition) is 0. The van der Waals surface area contributed by atoms with Crippen molar-refractivity contribution in [3.05, 3.63) is 120 Å². The first-order valence-electron chi connectivity index (χ1n) is 9.89. The van der Waals surface area contributed by atoms with Crippen molar-refractivity contribution in [1.29, 1.82) is 0 Å². The van der Waals surface area contributed by atoms with Crippen LogP contribution in [0, 0.1) is 20.8 Å². The summed E-state index contributed by atoms with van der Waals surface area (Å²) < 4.78 is 6.10. The molecule has 0 radical (unpaired) electrons. The molecule has 0 aliphatic rings. The van der Waals surface area contributed by atoms with E-state index in [4.69, 9.17) is 0 Å². The van der Waals surface area contributed by atoms with Crippen molar-refractivity contribution in [3.63, 3.8) is 0 Å². The number of hydrogen-bond donors (Lipinski definition) is 0. The molecule has 0 heterocycles. The predicted molar refractivity (Wildman–Crippen MR) is 124 cm³/mol. The number of rotatable bonds is 4. The minimum atomic E-state index is -3.46. The molecule has 0 unspecified atom stereocenters. The molecule has 4 rings (SSSR count). The first-order valence-corrected chi connectivity index (χ1v) is 15.6. The van der Waals surface area contributed by atoms with Crippen LogP contribution in [0.4, 0.5) is 0 Å². The van der Waals surface area contributed by atoms with Crippen LogP contribution in [-0.4, -0.2) is 18.4 Å². The molecule has 0 saturated heterocycles. The molecule has 4 aromatic carbocycles. The van der Waals surface area contributed by atoms with Crippen molar-refractivity contribution in [2.75, 3.05) is 0 Å². The van der Waals surface area contributed by atoms with Crippen LogP contribution >= 0.6 is 0 Å². The van der Waals surface area contributed by atoms with Gasteiger partial charge in [0.2, 0.25) is 0 Å². The molecule has 1 heteroatoms. The summed E-state index contributed by atoms with van der Waals surface area (Å²) in [4.78, 5) is 0. The summed E-state index contributed by atoms with van der Waals surface area (Å²) in [5.41, 5.74) is 4.18. The van der Waals surface area contributed by atoms with E-state index >= 15 is 0 Å². The van der Waals surface area contributed by atoms with Gasteiger partial charge in [0.1, 0.15) is 0 Å². The summed E-state index contributed by atoms with van der Waals surface area (Å²) in [6.45, 7) is 6.81. The second-order valence-electron chi connectivity index (χ2n) is 7.62. The van der Waals surface area contributed by atoms with E-state index < -0.39 is 18.4 Å². The summed E-state index contributed by atoms with van der Waals surface area (Å²) in [5.74, 6) is 0. The number of aryl methyl sites for hydroxylation is 3. The molecule has 0 spiro atoms. The molecule has 0 N–H and O–H groups in total. The van der Waals surface area contributed by atoms with Crippen LogP contribution < -0.4 is 14.3 Å². The van der Waals surface area contributed by atoms with Crippen LogP contribution in [0.25, 0.3) is 0 Å². The Morgan fingerprint density at radius 3 is 1.11 bits per heavy atom. The van der Waals surface area contributed by atoms with Gasteiger partial charge in [0.25, 0.3) is 0 Å². The fourth-order valence-corrected chi connectivity index (χ4v) is 19.8. The van der Waals surface area contributed by atoms with Crippen molar-refractivity contribution < 1.29 is 0 Å². The third-order valence-electron chi connectivity index (χ3n) is 5.67. The molecule has 0 saturated carbocycles. The molecule has 138 valence electrons. The molecule has 0 aromatic heterocycles. The molecule has 0 amide bonds. The van der Waals surface area contributed by atoms with Crippen molar-refractivity contribution >= 4 is 32.7 Å². The van der Waals surface area contributed by atoms with Gasteiger partial charge in [-0.1, -0.05) is 0 Å². The summed E-state index contributed by atoms with van der Waals surface area (Å²) in [6, 6.07) is 38.5. The van der Waals surface area contributed by atoms with Gasteiger partial charge in [0.15, 0.2) is 0 Å². The van der Waals surface area contributed by atoms with E-state index in [1.165, 1.54) is 27.4 Å². The van der Waals surface area contributed by atoms with Gasteiger partial charge >= 0.3 is 173 Å². The van der Waals surface area contributed by atoms with E-state index in [1.54, 1.807) is 3.58 Å². The molecule has 0 aliphatic carbocycles. The van der Waals surface area contributed by atoms with Crippen molar-refractivity contribution in [2.45, 2.75) is 20.8 Å². The van der Waals surface area contributed by atoms with E-state index in [9.17, 15) is 0 Å². The van der Waals surface area contributed by atoms with E-state index in [0.29, 0.717) is 0 Å². The zero-order valence-electron chi connectivity index (χ0n) is 16.8. The zero-order chi connectivity index (χ0) is 19.6. The Labute approximate surface area is 172 Å². The molecule has 0 aliphatic heterocycles. The average Bonchev–Trinajstić information content (AvgIpc) is 2.72. The van der Waals surface area contributed by atoms with Gasteiger partial charge in [-0.25, -0.2) is 0 Å². The van der Waals surface area contributed by atoms with E-state index in [0.717, 1.165) is 0 Å². The minimum absolute atomic E-state index is 1.34. The normalized spacial score (nSPS) is 11.4. The maximum atomic E-state index is 2.36. The molecule has 4 aromatic rings. The monoisotopic (exact) mass is 470 g/mol. The van der Waals surface area contributed by atoms with Crippen LogP contribution in [0.3, 0.4) is 0 Å². The summed E-state index contributed by atoms with van der Waals surface area (Å²) in [5, 5.41) is 0. The van der Waals surface area contributed by atoms with Gasteiger partial charge in [-0.3, -0.25) is 0 Å². The second-order valence-corrected chi connectivity index (χ2v) is 18.3. The quantitative estimate of drug-likeness (QED) is 0.397. The molecule has 0 bridgehead atoms. The Kier molecular flexibility index (Phi) is 5.41. The van der Waals surface area contributed by atoms with Crippen LogP contribution in [0.15, 0.2) is 103 Å². The molecule has 0 nitrogen and oxygen atoms in total. The number of benzene rings is 4. The predicted octanol–water partition coefficient (Wildman–Crippen LogP) is 3.99. The topological polar surface area (TPSA) is 0 Å². The van der Waals surface area contributed by atoms with Gasteiger partial charge < -0.3 is 0 Å². The first kappa shape index (κ1) is 19.0. The average molecular weight is 469 g/mol. The standard InChI is InChI=1S/C9H11.3C6H5.Sn/c1-7-4-8(2)6-9(3)5-7;3*1-2-4-6-5-3-1;/h4-5H,1-3H3;3*1-5H;. The van der Waals surface area contributed by atoms with Gasteiger partial charge in [0.05, 0.1) is 0 Å². The van der Waals surface area contributed by atoms with Crippen molar-refractivity contribution in [2.24, 2.45) is 0 Å². The Hall–Kier alpha value is -2.32. The van der Waals surface area contributed by atoms with Gasteiger partial charge in [0, 0.05) is 0 Å². The van der Waals surface area contributed by atoms with E-state index in [1.807, 2.05) is 0 Å². The van der Waals surface area contributed by atoms with Crippen molar-refractivity contribution in [1.82, 2.24) is 0 Å². The zero-order valence-corrected chi connectivity index (χ0v) is 19.7.